The maximum Gasteiger partial charge on any atom is 0.0446 e. The van der Waals surface area contributed by atoms with Gasteiger partial charge in [-0.2, -0.15) is 0 Å². The predicted octanol–water partition coefficient (Wildman–Crippen LogP) is 2.28. The van der Waals surface area contributed by atoms with Gasteiger partial charge in [-0.3, -0.25) is 9.80 Å². The quantitative estimate of drug-likeness (QED) is 0.889. The zero-order valence-corrected chi connectivity index (χ0v) is 13.4. The van der Waals surface area contributed by atoms with E-state index in [2.05, 4.69) is 67.2 Å². The molecule has 2 rings (SSSR count). The molecule has 0 aliphatic carbocycles. The van der Waals surface area contributed by atoms with E-state index in [9.17, 15) is 0 Å². The number of rotatable bonds is 5. The van der Waals surface area contributed by atoms with Gasteiger partial charge in [-0.05, 0) is 33.0 Å². The molecule has 0 radical (unpaired) electrons. The van der Waals surface area contributed by atoms with E-state index in [-0.39, 0.29) is 0 Å². The first-order valence-electron chi connectivity index (χ1n) is 7.84. The Balaban J connectivity index is 1.95. The summed E-state index contributed by atoms with van der Waals surface area (Å²) in [5, 5.41) is 3.47. The smallest absolute Gasteiger partial charge is 0.0446 e. The molecule has 0 bridgehead atoms. The van der Waals surface area contributed by atoms with Crippen molar-refractivity contribution in [2.24, 2.45) is 0 Å². The number of nitrogens with one attached hydrogen (secondary N) is 1. The van der Waals surface area contributed by atoms with Crippen LogP contribution < -0.4 is 5.32 Å². The van der Waals surface area contributed by atoms with E-state index in [4.69, 9.17) is 0 Å². The highest BCUT2D eigenvalue weighted by Gasteiger charge is 2.24. The van der Waals surface area contributed by atoms with Gasteiger partial charge in [0.1, 0.15) is 0 Å². The minimum absolute atomic E-state index is 0.427. The van der Waals surface area contributed by atoms with E-state index in [1.54, 1.807) is 0 Å². The highest BCUT2D eigenvalue weighted by atomic mass is 15.3. The number of likely N-dealkylation sites (N-methyl/N-ethyl adjacent to an activating group) is 2. The molecule has 0 spiro atoms. The molecule has 1 aliphatic heterocycles. The van der Waals surface area contributed by atoms with Crippen LogP contribution >= 0.6 is 0 Å². The molecule has 1 heterocycles. The second-order valence-corrected chi connectivity index (χ2v) is 5.99. The van der Waals surface area contributed by atoms with Gasteiger partial charge in [-0.15, -0.1) is 0 Å². The summed E-state index contributed by atoms with van der Waals surface area (Å²) in [5.41, 5.74) is 2.72. The Bertz CT molecular complexity index is 401. The SMILES string of the molecule is CCN1CCN(CC(NC)c2ccc(C)cc2)CC1C. The van der Waals surface area contributed by atoms with Crippen LogP contribution in [0.15, 0.2) is 24.3 Å². The summed E-state index contributed by atoms with van der Waals surface area (Å²) < 4.78 is 0. The third-order valence-electron chi connectivity index (χ3n) is 4.52. The van der Waals surface area contributed by atoms with Gasteiger partial charge in [-0.1, -0.05) is 36.8 Å². The Labute approximate surface area is 124 Å². The molecule has 1 aliphatic rings. The van der Waals surface area contributed by atoms with Crippen molar-refractivity contribution in [3.63, 3.8) is 0 Å². The van der Waals surface area contributed by atoms with E-state index < -0.39 is 0 Å². The lowest BCUT2D eigenvalue weighted by atomic mass is 10.0. The molecule has 3 heteroatoms. The minimum atomic E-state index is 0.427. The molecule has 1 saturated heterocycles. The number of piperazine rings is 1. The number of hydrogen-bond donors (Lipinski definition) is 1. The van der Waals surface area contributed by atoms with Crippen LogP contribution in [0.4, 0.5) is 0 Å². The maximum atomic E-state index is 3.47. The number of nitrogens with zero attached hydrogens (tertiary/aromatic N) is 2. The van der Waals surface area contributed by atoms with E-state index in [0.29, 0.717) is 12.1 Å². The van der Waals surface area contributed by atoms with Gasteiger partial charge < -0.3 is 5.32 Å². The molecule has 2 unspecified atom stereocenters. The minimum Gasteiger partial charge on any atom is -0.312 e. The van der Waals surface area contributed by atoms with Gasteiger partial charge in [-0.25, -0.2) is 0 Å². The fourth-order valence-corrected chi connectivity index (χ4v) is 3.13. The highest BCUT2D eigenvalue weighted by Crippen LogP contribution is 2.17. The molecule has 112 valence electrons. The molecule has 3 nitrogen and oxygen atoms in total. The lowest BCUT2D eigenvalue weighted by Gasteiger charge is -2.40. The first-order chi connectivity index (χ1) is 9.63. The van der Waals surface area contributed by atoms with E-state index in [0.717, 1.165) is 6.54 Å². The summed E-state index contributed by atoms with van der Waals surface area (Å²) in [6.45, 7) is 12.6. The van der Waals surface area contributed by atoms with Gasteiger partial charge in [0, 0.05) is 38.3 Å². The Morgan fingerprint density at radius 1 is 1.25 bits per heavy atom. The third kappa shape index (κ3) is 3.81. The number of hydrogen-bond acceptors (Lipinski definition) is 3. The van der Waals surface area contributed by atoms with Crippen molar-refractivity contribution in [1.29, 1.82) is 0 Å². The van der Waals surface area contributed by atoms with Crippen molar-refractivity contribution in [3.8, 4) is 0 Å². The normalized spacial score (nSPS) is 22.9. The van der Waals surface area contributed by atoms with Crippen LogP contribution in [0.3, 0.4) is 0 Å². The van der Waals surface area contributed by atoms with Crippen molar-refractivity contribution in [1.82, 2.24) is 15.1 Å². The summed E-state index contributed by atoms with van der Waals surface area (Å²) in [4.78, 5) is 5.16. The zero-order valence-electron chi connectivity index (χ0n) is 13.4. The summed E-state index contributed by atoms with van der Waals surface area (Å²) in [6, 6.07) is 10.0. The highest BCUT2D eigenvalue weighted by molar-refractivity contribution is 5.24. The summed E-state index contributed by atoms with van der Waals surface area (Å²) in [6.07, 6.45) is 0. The van der Waals surface area contributed by atoms with E-state index in [1.165, 1.54) is 37.3 Å². The molecule has 1 fully saturated rings. The lowest BCUT2D eigenvalue weighted by molar-refractivity contribution is 0.0818. The largest absolute Gasteiger partial charge is 0.312 e. The summed E-state index contributed by atoms with van der Waals surface area (Å²) in [5.74, 6) is 0. The van der Waals surface area contributed by atoms with Crippen LogP contribution in [0.5, 0.6) is 0 Å². The van der Waals surface area contributed by atoms with Gasteiger partial charge in [0.05, 0.1) is 0 Å². The Morgan fingerprint density at radius 2 is 1.95 bits per heavy atom. The average Bonchev–Trinajstić information content (AvgIpc) is 2.46. The van der Waals surface area contributed by atoms with Gasteiger partial charge in [0.25, 0.3) is 0 Å². The molecule has 0 amide bonds. The van der Waals surface area contributed by atoms with Crippen molar-refractivity contribution in [3.05, 3.63) is 35.4 Å². The van der Waals surface area contributed by atoms with Crippen molar-refractivity contribution in [2.45, 2.75) is 32.9 Å². The third-order valence-corrected chi connectivity index (χ3v) is 4.52. The van der Waals surface area contributed by atoms with Crippen molar-refractivity contribution >= 4 is 0 Å². The van der Waals surface area contributed by atoms with Crippen LogP contribution in [0.2, 0.25) is 0 Å². The Kier molecular flexibility index (Phi) is 5.58. The van der Waals surface area contributed by atoms with Gasteiger partial charge in [0.15, 0.2) is 0 Å². The first-order valence-corrected chi connectivity index (χ1v) is 7.84. The van der Waals surface area contributed by atoms with Crippen LogP contribution in [0.25, 0.3) is 0 Å². The monoisotopic (exact) mass is 275 g/mol. The van der Waals surface area contributed by atoms with Crippen LogP contribution in [0.1, 0.15) is 31.0 Å². The van der Waals surface area contributed by atoms with Crippen LogP contribution in [-0.2, 0) is 0 Å². The molecule has 0 saturated carbocycles. The van der Waals surface area contributed by atoms with Crippen molar-refractivity contribution in [2.75, 3.05) is 39.8 Å². The first kappa shape index (κ1) is 15.5. The molecular weight excluding hydrogens is 246 g/mol. The number of benzene rings is 1. The van der Waals surface area contributed by atoms with Crippen LogP contribution in [0, 0.1) is 6.92 Å². The molecule has 1 N–H and O–H groups in total. The molecule has 2 atom stereocenters. The fourth-order valence-electron chi connectivity index (χ4n) is 3.13. The van der Waals surface area contributed by atoms with Crippen LogP contribution in [-0.4, -0.2) is 55.6 Å². The summed E-state index contributed by atoms with van der Waals surface area (Å²) >= 11 is 0. The molecule has 0 aromatic heterocycles. The van der Waals surface area contributed by atoms with Gasteiger partial charge >= 0.3 is 0 Å². The Morgan fingerprint density at radius 3 is 2.50 bits per heavy atom. The molecule has 20 heavy (non-hydrogen) atoms. The standard InChI is InChI=1S/C17H29N3/c1-5-20-11-10-19(12-15(20)3)13-17(18-4)16-8-6-14(2)7-9-16/h6-9,15,17-18H,5,10-13H2,1-4H3. The van der Waals surface area contributed by atoms with Crippen molar-refractivity contribution < 1.29 is 0 Å². The molecule has 1 aromatic carbocycles. The topological polar surface area (TPSA) is 18.5 Å². The second-order valence-electron chi connectivity index (χ2n) is 5.99. The fraction of sp³-hybridized carbons (Fsp3) is 0.647. The lowest BCUT2D eigenvalue weighted by Crippen LogP contribution is -2.53. The molecular formula is C17H29N3. The predicted molar refractivity (Wildman–Crippen MR) is 86.1 cm³/mol. The Hall–Kier alpha value is -0.900. The van der Waals surface area contributed by atoms with Gasteiger partial charge in [0.2, 0.25) is 0 Å². The number of aryl methyl sites for hydroxylation is 1. The maximum absolute atomic E-state index is 3.47. The second kappa shape index (κ2) is 7.21. The summed E-state index contributed by atoms with van der Waals surface area (Å²) in [7, 11) is 2.07. The van der Waals surface area contributed by atoms with E-state index in [1.807, 2.05) is 0 Å². The molecule has 1 aromatic rings. The zero-order chi connectivity index (χ0) is 14.5. The average molecular weight is 275 g/mol. The van der Waals surface area contributed by atoms with E-state index >= 15 is 0 Å².